The van der Waals surface area contributed by atoms with Gasteiger partial charge in [0.1, 0.15) is 17.9 Å². The smallest absolute Gasteiger partial charge is 0.280 e. The van der Waals surface area contributed by atoms with Gasteiger partial charge in [0.2, 0.25) is 5.91 Å². The zero-order valence-electron chi connectivity index (χ0n) is 19.8. The molecule has 0 fully saturated rings. The van der Waals surface area contributed by atoms with Gasteiger partial charge in [-0.2, -0.15) is 9.61 Å². The summed E-state index contributed by atoms with van der Waals surface area (Å²) in [6, 6.07) is 18.8. The molecule has 1 N–H and O–H groups in total. The van der Waals surface area contributed by atoms with Crippen LogP contribution in [0, 0.1) is 6.92 Å². The molecule has 1 aliphatic heterocycles. The molecule has 1 aliphatic rings. The van der Waals surface area contributed by atoms with E-state index in [4.69, 9.17) is 0 Å². The fourth-order valence-corrected chi connectivity index (χ4v) is 4.44. The van der Waals surface area contributed by atoms with Crippen molar-refractivity contribution in [3.8, 4) is 11.3 Å². The van der Waals surface area contributed by atoms with Crippen LogP contribution in [-0.4, -0.2) is 37.4 Å². The van der Waals surface area contributed by atoms with Crippen molar-refractivity contribution in [1.29, 1.82) is 0 Å². The molecule has 35 heavy (non-hydrogen) atoms. The normalized spacial score (nSPS) is 12.9. The lowest BCUT2D eigenvalue weighted by molar-refractivity contribution is -0.116. The minimum atomic E-state index is -0.320. The summed E-state index contributed by atoms with van der Waals surface area (Å²) in [4.78, 5) is 41.5. The predicted molar refractivity (Wildman–Crippen MR) is 134 cm³/mol. The van der Waals surface area contributed by atoms with E-state index in [0.29, 0.717) is 29.1 Å². The van der Waals surface area contributed by atoms with Gasteiger partial charge in [-0.3, -0.25) is 14.4 Å². The van der Waals surface area contributed by atoms with E-state index in [1.807, 2.05) is 61.5 Å². The highest BCUT2D eigenvalue weighted by molar-refractivity contribution is 5.98. The van der Waals surface area contributed by atoms with Crippen molar-refractivity contribution in [2.75, 3.05) is 11.9 Å². The Kier molecular flexibility index (Phi) is 5.94. The highest BCUT2D eigenvalue weighted by Crippen LogP contribution is 2.25. The summed E-state index contributed by atoms with van der Waals surface area (Å²) < 4.78 is 2.95. The maximum Gasteiger partial charge on any atom is 0.280 e. The van der Waals surface area contributed by atoms with E-state index in [-0.39, 0.29) is 36.2 Å². The third-order valence-corrected chi connectivity index (χ3v) is 6.30. The Morgan fingerprint density at radius 3 is 2.51 bits per heavy atom. The van der Waals surface area contributed by atoms with Gasteiger partial charge in [-0.1, -0.05) is 61.4 Å². The first-order chi connectivity index (χ1) is 17.0. The number of aryl methyl sites for hydroxylation is 1. The van der Waals surface area contributed by atoms with Gasteiger partial charge in [-0.15, -0.1) is 0 Å². The van der Waals surface area contributed by atoms with E-state index in [2.05, 4.69) is 17.3 Å². The van der Waals surface area contributed by atoms with Crippen LogP contribution in [0.2, 0.25) is 0 Å². The number of anilines is 1. The zero-order chi connectivity index (χ0) is 24.5. The summed E-state index contributed by atoms with van der Waals surface area (Å²) in [5.74, 6) is -0.512. The number of carbonyl (C=O) groups is 2. The number of benzene rings is 2. The van der Waals surface area contributed by atoms with Crippen molar-refractivity contribution in [2.45, 2.75) is 39.8 Å². The number of hydrogen-bond acceptors (Lipinski definition) is 4. The van der Waals surface area contributed by atoms with Gasteiger partial charge in [0.05, 0.1) is 17.8 Å². The topological polar surface area (TPSA) is 88.7 Å². The first kappa shape index (κ1) is 22.6. The number of hydrogen-bond donors (Lipinski definition) is 1. The Balaban J connectivity index is 1.60. The van der Waals surface area contributed by atoms with Gasteiger partial charge in [0.15, 0.2) is 0 Å². The summed E-state index contributed by atoms with van der Waals surface area (Å²) in [5, 5.41) is 7.45. The lowest BCUT2D eigenvalue weighted by Crippen LogP contribution is -2.30. The van der Waals surface area contributed by atoms with E-state index in [9.17, 15) is 14.4 Å². The van der Waals surface area contributed by atoms with Crippen molar-refractivity contribution >= 4 is 23.1 Å². The molecule has 2 aromatic heterocycles. The number of carbonyl (C=O) groups excluding carboxylic acids is 2. The number of nitrogens with one attached hydrogen (secondary N) is 1. The Morgan fingerprint density at radius 1 is 1.06 bits per heavy atom. The third-order valence-electron chi connectivity index (χ3n) is 6.30. The molecule has 0 bridgehead atoms. The summed E-state index contributed by atoms with van der Waals surface area (Å²) >= 11 is 0. The average Bonchev–Trinajstić information content (AvgIpc) is 3.45. The molecule has 5 rings (SSSR count). The Morgan fingerprint density at radius 2 is 1.80 bits per heavy atom. The van der Waals surface area contributed by atoms with Gasteiger partial charge >= 0.3 is 0 Å². The molecule has 8 heteroatoms. The van der Waals surface area contributed by atoms with Crippen LogP contribution in [0.4, 0.5) is 5.69 Å². The van der Waals surface area contributed by atoms with Crippen molar-refractivity contribution in [2.24, 2.45) is 0 Å². The van der Waals surface area contributed by atoms with Crippen molar-refractivity contribution < 1.29 is 9.59 Å². The molecule has 4 aromatic rings. The Labute approximate surface area is 202 Å². The molecule has 2 amide bonds. The standard InChI is InChI=1S/C27H27N5O3/c1-3-4-14-30-16-21-25(27(30)35)31(17-23(33)28-20-12-10-18(2)11-13-20)24-15-22(29-32(24)26(21)34)19-8-6-5-7-9-19/h5-13,15H,3-4,14,16-17H2,1-2H3,(H,28,33). The van der Waals surface area contributed by atoms with Gasteiger partial charge in [-0.05, 0) is 25.5 Å². The summed E-state index contributed by atoms with van der Waals surface area (Å²) in [6.07, 6.45) is 1.78. The van der Waals surface area contributed by atoms with E-state index < -0.39 is 0 Å². The van der Waals surface area contributed by atoms with Crippen molar-refractivity contribution in [3.05, 3.63) is 87.8 Å². The molecule has 0 spiro atoms. The van der Waals surface area contributed by atoms with E-state index in [1.165, 1.54) is 4.52 Å². The van der Waals surface area contributed by atoms with E-state index in [1.54, 1.807) is 15.5 Å². The molecule has 0 aliphatic carbocycles. The number of amides is 2. The number of unbranched alkanes of at least 4 members (excludes halogenated alkanes) is 1. The third kappa shape index (κ3) is 4.23. The van der Waals surface area contributed by atoms with Crippen LogP contribution in [0.25, 0.3) is 16.9 Å². The molecule has 8 nitrogen and oxygen atoms in total. The van der Waals surface area contributed by atoms with Crippen LogP contribution < -0.4 is 10.9 Å². The molecular formula is C27H27N5O3. The lowest BCUT2D eigenvalue weighted by Gasteiger charge is -2.16. The molecule has 0 saturated heterocycles. The first-order valence-electron chi connectivity index (χ1n) is 11.8. The molecule has 2 aromatic carbocycles. The number of rotatable bonds is 7. The summed E-state index contributed by atoms with van der Waals surface area (Å²) in [6.45, 7) is 4.71. The number of fused-ring (bicyclic) bond motifs is 2. The van der Waals surface area contributed by atoms with Crippen molar-refractivity contribution in [1.82, 2.24) is 19.1 Å². The molecule has 0 unspecified atom stereocenters. The molecule has 0 saturated carbocycles. The van der Waals surface area contributed by atoms with Gasteiger partial charge < -0.3 is 14.8 Å². The monoisotopic (exact) mass is 469 g/mol. The van der Waals surface area contributed by atoms with Crippen LogP contribution in [-0.2, 0) is 17.9 Å². The first-order valence-corrected chi connectivity index (χ1v) is 11.8. The van der Waals surface area contributed by atoms with Crippen LogP contribution >= 0.6 is 0 Å². The van der Waals surface area contributed by atoms with Gasteiger partial charge in [-0.25, -0.2) is 0 Å². The zero-order valence-corrected chi connectivity index (χ0v) is 19.8. The average molecular weight is 470 g/mol. The Bertz CT molecular complexity index is 1470. The second-order valence-corrected chi connectivity index (χ2v) is 8.88. The second-order valence-electron chi connectivity index (χ2n) is 8.88. The molecular weight excluding hydrogens is 442 g/mol. The minimum Gasteiger partial charge on any atom is -0.333 e. The van der Waals surface area contributed by atoms with Crippen LogP contribution in [0.1, 0.15) is 41.4 Å². The fourth-order valence-electron chi connectivity index (χ4n) is 4.44. The van der Waals surface area contributed by atoms with Crippen LogP contribution in [0.15, 0.2) is 65.5 Å². The SMILES string of the molecule is CCCCN1Cc2c(n(CC(=O)Nc3ccc(C)cc3)c3cc(-c4ccccc4)nn3c2=O)C1=O. The molecule has 0 radical (unpaired) electrons. The summed E-state index contributed by atoms with van der Waals surface area (Å²) in [5.41, 5.74) is 3.97. The number of aromatic nitrogens is 3. The lowest BCUT2D eigenvalue weighted by atomic mass is 10.1. The van der Waals surface area contributed by atoms with E-state index >= 15 is 0 Å². The van der Waals surface area contributed by atoms with Gasteiger partial charge in [0, 0.05) is 23.9 Å². The molecule has 178 valence electrons. The number of nitrogens with zero attached hydrogens (tertiary/aromatic N) is 4. The quantitative estimate of drug-likeness (QED) is 0.445. The predicted octanol–water partition coefficient (Wildman–Crippen LogP) is 3.87. The maximum absolute atomic E-state index is 13.4. The second kappa shape index (κ2) is 9.21. The highest BCUT2D eigenvalue weighted by atomic mass is 16.2. The largest absolute Gasteiger partial charge is 0.333 e. The van der Waals surface area contributed by atoms with Crippen LogP contribution in [0.5, 0.6) is 0 Å². The summed E-state index contributed by atoms with van der Waals surface area (Å²) in [7, 11) is 0. The maximum atomic E-state index is 13.4. The molecule has 0 atom stereocenters. The minimum absolute atomic E-state index is 0.118. The van der Waals surface area contributed by atoms with Crippen molar-refractivity contribution in [3.63, 3.8) is 0 Å². The molecule has 3 heterocycles. The van der Waals surface area contributed by atoms with Gasteiger partial charge in [0.25, 0.3) is 11.5 Å². The van der Waals surface area contributed by atoms with Crippen LogP contribution in [0.3, 0.4) is 0 Å². The highest BCUT2D eigenvalue weighted by Gasteiger charge is 2.34. The van der Waals surface area contributed by atoms with E-state index in [0.717, 1.165) is 24.0 Å². The Hall–Kier alpha value is -4.20. The fraction of sp³-hybridized carbons (Fsp3) is 0.259.